The zero-order valence-electron chi connectivity index (χ0n) is 14.9. The highest BCUT2D eigenvalue weighted by molar-refractivity contribution is 7.99. The van der Waals surface area contributed by atoms with E-state index in [1.807, 2.05) is 62.7 Å². The molecule has 1 aromatic heterocycles. The first kappa shape index (κ1) is 19.0. The van der Waals surface area contributed by atoms with E-state index in [0.717, 1.165) is 11.4 Å². The third kappa shape index (κ3) is 6.22. The lowest BCUT2D eigenvalue weighted by Gasteiger charge is -2.20. The average Bonchev–Trinajstić information content (AvgIpc) is 2.85. The number of aromatic nitrogens is 3. The van der Waals surface area contributed by atoms with E-state index in [9.17, 15) is 9.59 Å². The number of carbonyl (C=O) groups is 2. The molecule has 7 nitrogen and oxygen atoms in total. The topological polar surface area (TPSA) is 88.9 Å². The number of thioether (sulfide) groups is 1. The Morgan fingerprint density at radius 1 is 1.16 bits per heavy atom. The van der Waals surface area contributed by atoms with Crippen LogP contribution < -0.4 is 10.6 Å². The Kier molecular flexibility index (Phi) is 6.19. The van der Waals surface area contributed by atoms with Crippen molar-refractivity contribution >= 4 is 23.7 Å². The molecule has 0 fully saturated rings. The fourth-order valence-corrected chi connectivity index (χ4v) is 2.80. The minimum absolute atomic E-state index is 0.0921. The SMILES string of the molecule is Cn1c(Cc2ccccc2)nnc1SCC(=O)NC(=O)NC(C)(C)C. The third-order valence-corrected chi connectivity index (χ3v) is 4.22. The molecule has 8 heteroatoms. The van der Waals surface area contributed by atoms with E-state index >= 15 is 0 Å². The first-order valence-electron chi connectivity index (χ1n) is 7.91. The molecule has 0 aliphatic rings. The van der Waals surface area contributed by atoms with Gasteiger partial charge in [0.2, 0.25) is 5.91 Å². The summed E-state index contributed by atoms with van der Waals surface area (Å²) in [5, 5.41) is 13.9. The summed E-state index contributed by atoms with van der Waals surface area (Å²) in [6.07, 6.45) is 0.672. The molecule has 0 spiro atoms. The standard InChI is InChI=1S/C17H23N5O2S/c1-17(2,3)19-15(24)18-14(23)11-25-16-21-20-13(22(16)4)10-12-8-6-5-7-9-12/h5-9H,10-11H2,1-4H3,(H2,18,19,23,24). The Morgan fingerprint density at radius 2 is 1.84 bits per heavy atom. The van der Waals surface area contributed by atoms with E-state index in [0.29, 0.717) is 11.6 Å². The quantitative estimate of drug-likeness (QED) is 0.797. The highest BCUT2D eigenvalue weighted by Crippen LogP contribution is 2.17. The first-order valence-corrected chi connectivity index (χ1v) is 8.90. The molecule has 1 aromatic carbocycles. The van der Waals surface area contributed by atoms with Crippen molar-refractivity contribution in [3.8, 4) is 0 Å². The van der Waals surface area contributed by atoms with Gasteiger partial charge >= 0.3 is 6.03 Å². The molecule has 0 bridgehead atoms. The summed E-state index contributed by atoms with van der Waals surface area (Å²) in [6.45, 7) is 5.54. The van der Waals surface area contributed by atoms with E-state index in [-0.39, 0.29) is 11.7 Å². The molecular formula is C17H23N5O2S. The maximum Gasteiger partial charge on any atom is 0.321 e. The smallest absolute Gasteiger partial charge is 0.321 e. The molecule has 2 N–H and O–H groups in total. The molecule has 0 saturated carbocycles. The molecule has 0 saturated heterocycles. The summed E-state index contributed by atoms with van der Waals surface area (Å²) in [4.78, 5) is 23.5. The fourth-order valence-electron chi connectivity index (χ4n) is 2.07. The van der Waals surface area contributed by atoms with Gasteiger partial charge in [-0.1, -0.05) is 42.1 Å². The number of nitrogens with zero attached hydrogens (tertiary/aromatic N) is 3. The molecule has 2 aromatic rings. The van der Waals surface area contributed by atoms with Crippen LogP contribution in [0.3, 0.4) is 0 Å². The van der Waals surface area contributed by atoms with Crippen molar-refractivity contribution in [2.75, 3.05) is 5.75 Å². The monoisotopic (exact) mass is 361 g/mol. The maximum absolute atomic E-state index is 11.9. The largest absolute Gasteiger partial charge is 0.333 e. The summed E-state index contributed by atoms with van der Waals surface area (Å²) in [5.41, 5.74) is 0.749. The summed E-state index contributed by atoms with van der Waals surface area (Å²) in [7, 11) is 1.87. The van der Waals surface area contributed by atoms with Gasteiger partial charge in [0.05, 0.1) is 5.75 Å². The molecule has 0 aliphatic carbocycles. The second-order valence-electron chi connectivity index (χ2n) is 6.66. The summed E-state index contributed by atoms with van der Waals surface area (Å²) < 4.78 is 1.86. The second-order valence-corrected chi connectivity index (χ2v) is 7.60. The lowest BCUT2D eigenvalue weighted by molar-refractivity contribution is -0.117. The molecule has 25 heavy (non-hydrogen) atoms. The predicted octanol–water partition coefficient (Wildman–Crippen LogP) is 2.12. The minimum atomic E-state index is -0.499. The van der Waals surface area contributed by atoms with Crippen LogP contribution >= 0.6 is 11.8 Å². The Labute approximate surface area is 151 Å². The van der Waals surface area contributed by atoms with Gasteiger partial charge in [0, 0.05) is 19.0 Å². The van der Waals surface area contributed by atoms with Crippen molar-refractivity contribution in [2.24, 2.45) is 7.05 Å². The van der Waals surface area contributed by atoms with Gasteiger partial charge in [0.1, 0.15) is 5.82 Å². The van der Waals surface area contributed by atoms with Crippen molar-refractivity contribution in [1.82, 2.24) is 25.4 Å². The molecule has 0 aliphatic heterocycles. The highest BCUT2D eigenvalue weighted by Gasteiger charge is 2.17. The number of carbonyl (C=O) groups excluding carboxylic acids is 2. The van der Waals surface area contributed by atoms with Crippen LogP contribution in [0.5, 0.6) is 0 Å². The van der Waals surface area contributed by atoms with Crippen molar-refractivity contribution in [2.45, 2.75) is 37.9 Å². The van der Waals surface area contributed by atoms with Gasteiger partial charge in [-0.3, -0.25) is 10.1 Å². The maximum atomic E-state index is 11.9. The molecule has 0 unspecified atom stereocenters. The van der Waals surface area contributed by atoms with E-state index in [1.54, 1.807) is 0 Å². The molecule has 1 heterocycles. The molecule has 0 radical (unpaired) electrons. The minimum Gasteiger partial charge on any atom is -0.333 e. The van der Waals surface area contributed by atoms with E-state index in [2.05, 4.69) is 20.8 Å². The highest BCUT2D eigenvalue weighted by atomic mass is 32.2. The van der Waals surface area contributed by atoms with Crippen molar-refractivity contribution in [3.63, 3.8) is 0 Å². The number of hydrogen-bond acceptors (Lipinski definition) is 5. The Morgan fingerprint density at radius 3 is 2.48 bits per heavy atom. The molecule has 2 rings (SSSR count). The van der Waals surface area contributed by atoms with Crippen molar-refractivity contribution in [3.05, 3.63) is 41.7 Å². The van der Waals surface area contributed by atoms with Crippen LogP contribution in [0.4, 0.5) is 4.79 Å². The van der Waals surface area contributed by atoms with E-state index < -0.39 is 11.6 Å². The number of nitrogens with one attached hydrogen (secondary N) is 2. The van der Waals surface area contributed by atoms with E-state index in [4.69, 9.17) is 0 Å². The summed E-state index contributed by atoms with van der Waals surface area (Å²) in [6, 6.07) is 9.49. The fraction of sp³-hybridized carbons (Fsp3) is 0.412. The van der Waals surface area contributed by atoms with Crippen LogP contribution in [0, 0.1) is 0 Å². The number of rotatable bonds is 5. The van der Waals surface area contributed by atoms with Gasteiger partial charge in [-0.05, 0) is 26.3 Å². The third-order valence-electron chi connectivity index (χ3n) is 3.20. The lowest BCUT2D eigenvalue weighted by atomic mass is 10.1. The number of hydrogen-bond donors (Lipinski definition) is 2. The normalized spacial score (nSPS) is 11.2. The molecule has 0 atom stereocenters. The Balaban J connectivity index is 1.87. The van der Waals surface area contributed by atoms with Crippen LogP contribution in [-0.4, -0.2) is 38.0 Å². The van der Waals surface area contributed by atoms with Crippen molar-refractivity contribution in [1.29, 1.82) is 0 Å². The molecule has 134 valence electrons. The first-order chi connectivity index (χ1) is 11.7. The van der Waals surface area contributed by atoms with Gasteiger partial charge < -0.3 is 9.88 Å². The lowest BCUT2D eigenvalue weighted by Crippen LogP contribution is -2.48. The number of urea groups is 1. The molecular weight excluding hydrogens is 338 g/mol. The molecule has 3 amide bonds. The van der Waals surface area contributed by atoms with Gasteiger partial charge in [-0.15, -0.1) is 10.2 Å². The number of benzene rings is 1. The Hall–Kier alpha value is -2.35. The summed E-state index contributed by atoms with van der Waals surface area (Å²) >= 11 is 1.24. The zero-order valence-corrected chi connectivity index (χ0v) is 15.7. The van der Waals surface area contributed by atoms with Gasteiger partial charge in [-0.2, -0.15) is 0 Å². The van der Waals surface area contributed by atoms with Crippen LogP contribution in [0.25, 0.3) is 0 Å². The number of amides is 3. The second kappa shape index (κ2) is 8.15. The summed E-state index contributed by atoms with van der Waals surface area (Å²) in [5.74, 6) is 0.536. The van der Waals surface area contributed by atoms with Crippen LogP contribution in [0.1, 0.15) is 32.2 Å². The van der Waals surface area contributed by atoms with Crippen LogP contribution in [-0.2, 0) is 18.3 Å². The number of imide groups is 1. The Bertz CT molecular complexity index is 737. The van der Waals surface area contributed by atoms with Gasteiger partial charge in [0.15, 0.2) is 5.16 Å². The van der Waals surface area contributed by atoms with Crippen LogP contribution in [0.2, 0.25) is 0 Å². The predicted molar refractivity (Wildman–Crippen MR) is 97.4 cm³/mol. The van der Waals surface area contributed by atoms with E-state index in [1.165, 1.54) is 11.8 Å². The van der Waals surface area contributed by atoms with Crippen LogP contribution in [0.15, 0.2) is 35.5 Å². The van der Waals surface area contributed by atoms with Crippen molar-refractivity contribution < 1.29 is 9.59 Å². The average molecular weight is 361 g/mol. The van der Waals surface area contributed by atoms with Gasteiger partial charge in [0.25, 0.3) is 0 Å². The zero-order chi connectivity index (χ0) is 18.4. The van der Waals surface area contributed by atoms with Gasteiger partial charge in [-0.25, -0.2) is 4.79 Å².